The van der Waals surface area contributed by atoms with E-state index in [1.807, 2.05) is 6.07 Å². The fourth-order valence-corrected chi connectivity index (χ4v) is 1.78. The van der Waals surface area contributed by atoms with Gasteiger partial charge in [0.2, 0.25) is 0 Å². The van der Waals surface area contributed by atoms with E-state index in [4.69, 9.17) is 5.11 Å². The van der Waals surface area contributed by atoms with Crippen LogP contribution < -0.4 is 5.32 Å². The Balaban J connectivity index is 1.64. The molecule has 0 saturated heterocycles. The summed E-state index contributed by atoms with van der Waals surface area (Å²) in [5.41, 5.74) is 1.33. The van der Waals surface area contributed by atoms with E-state index in [9.17, 15) is 0 Å². The maximum atomic E-state index is 8.87. The Labute approximate surface area is 85.0 Å². The number of rotatable bonds is 5. The fraction of sp³-hybridized carbons (Fsp3) is 0.500. The summed E-state index contributed by atoms with van der Waals surface area (Å²) >= 11 is 0. The summed E-state index contributed by atoms with van der Waals surface area (Å²) in [6.07, 6.45) is 1.19. The Morgan fingerprint density at radius 2 is 2.00 bits per heavy atom. The molecule has 0 amide bonds. The lowest BCUT2D eigenvalue weighted by atomic mass is 10.2. The van der Waals surface area contributed by atoms with Gasteiger partial charge in [0.25, 0.3) is 0 Å². The normalized spacial score (nSPS) is 24.9. The first kappa shape index (κ1) is 9.69. The van der Waals surface area contributed by atoms with Crippen LogP contribution in [0.3, 0.4) is 0 Å². The molecular formula is C12H17NO. The van der Waals surface area contributed by atoms with Gasteiger partial charge in [-0.15, -0.1) is 0 Å². The van der Waals surface area contributed by atoms with Crippen LogP contribution in [0.4, 0.5) is 0 Å². The van der Waals surface area contributed by atoms with E-state index >= 15 is 0 Å². The first-order chi connectivity index (χ1) is 6.90. The van der Waals surface area contributed by atoms with Gasteiger partial charge in [-0.2, -0.15) is 0 Å². The predicted octanol–water partition coefficient (Wildman–Crippen LogP) is 1.40. The Kier molecular flexibility index (Phi) is 3.17. The second kappa shape index (κ2) is 4.58. The minimum Gasteiger partial charge on any atom is -0.396 e. The number of aliphatic hydroxyl groups excluding tert-OH is 1. The zero-order valence-corrected chi connectivity index (χ0v) is 8.32. The van der Waals surface area contributed by atoms with Crippen LogP contribution >= 0.6 is 0 Å². The third kappa shape index (κ3) is 2.56. The van der Waals surface area contributed by atoms with Crippen LogP contribution in [0.2, 0.25) is 0 Å². The average molecular weight is 191 g/mol. The Morgan fingerprint density at radius 1 is 1.21 bits per heavy atom. The number of hydrogen-bond donors (Lipinski definition) is 2. The number of benzene rings is 1. The van der Waals surface area contributed by atoms with Crippen molar-refractivity contribution in [1.29, 1.82) is 0 Å². The van der Waals surface area contributed by atoms with Crippen LogP contribution in [0, 0.1) is 11.8 Å². The van der Waals surface area contributed by atoms with Crippen LogP contribution in [-0.2, 0) is 6.54 Å². The first-order valence-electron chi connectivity index (χ1n) is 5.25. The molecule has 2 atom stereocenters. The lowest BCUT2D eigenvalue weighted by Gasteiger charge is -2.03. The monoisotopic (exact) mass is 191 g/mol. The lowest BCUT2D eigenvalue weighted by Crippen LogP contribution is -2.17. The summed E-state index contributed by atoms with van der Waals surface area (Å²) in [6.45, 7) is 2.34. The summed E-state index contributed by atoms with van der Waals surface area (Å²) in [5, 5.41) is 12.3. The molecule has 76 valence electrons. The molecule has 1 saturated carbocycles. The molecule has 1 aromatic rings. The molecule has 2 rings (SSSR count). The maximum absolute atomic E-state index is 8.87. The molecule has 2 heteroatoms. The number of aliphatic hydroxyl groups is 1. The molecule has 2 N–H and O–H groups in total. The highest BCUT2D eigenvalue weighted by molar-refractivity contribution is 5.14. The van der Waals surface area contributed by atoms with Gasteiger partial charge in [-0.1, -0.05) is 30.3 Å². The summed E-state index contributed by atoms with van der Waals surface area (Å²) in [4.78, 5) is 0. The van der Waals surface area contributed by atoms with Crippen molar-refractivity contribution in [2.45, 2.75) is 13.0 Å². The van der Waals surface area contributed by atoms with Gasteiger partial charge in [0.1, 0.15) is 0 Å². The molecular weight excluding hydrogens is 174 g/mol. The quantitative estimate of drug-likeness (QED) is 0.737. The van der Waals surface area contributed by atoms with Crippen molar-refractivity contribution in [2.24, 2.45) is 11.8 Å². The van der Waals surface area contributed by atoms with Gasteiger partial charge in [-0.25, -0.2) is 0 Å². The van der Waals surface area contributed by atoms with Gasteiger partial charge >= 0.3 is 0 Å². The fourth-order valence-electron chi connectivity index (χ4n) is 1.78. The minimum absolute atomic E-state index is 0.359. The van der Waals surface area contributed by atoms with E-state index in [1.54, 1.807) is 0 Å². The predicted molar refractivity (Wildman–Crippen MR) is 56.8 cm³/mol. The van der Waals surface area contributed by atoms with E-state index in [2.05, 4.69) is 29.6 Å². The maximum Gasteiger partial charge on any atom is 0.0462 e. The van der Waals surface area contributed by atoms with Crippen LogP contribution in [0.5, 0.6) is 0 Å². The summed E-state index contributed by atoms with van der Waals surface area (Å²) in [5.74, 6) is 1.28. The first-order valence-corrected chi connectivity index (χ1v) is 5.25. The Hall–Kier alpha value is -0.860. The van der Waals surface area contributed by atoms with Crippen LogP contribution in [0.15, 0.2) is 30.3 Å². The summed E-state index contributed by atoms with van der Waals surface area (Å²) in [7, 11) is 0. The molecule has 14 heavy (non-hydrogen) atoms. The molecule has 1 aliphatic carbocycles. The molecule has 0 aliphatic heterocycles. The van der Waals surface area contributed by atoms with Crippen molar-refractivity contribution < 1.29 is 5.11 Å². The molecule has 0 heterocycles. The van der Waals surface area contributed by atoms with Crippen molar-refractivity contribution in [3.05, 3.63) is 35.9 Å². The van der Waals surface area contributed by atoms with Gasteiger partial charge in [0, 0.05) is 13.2 Å². The van der Waals surface area contributed by atoms with Crippen molar-refractivity contribution >= 4 is 0 Å². The van der Waals surface area contributed by atoms with E-state index in [1.165, 1.54) is 12.0 Å². The molecule has 1 fully saturated rings. The van der Waals surface area contributed by atoms with Crippen molar-refractivity contribution in [1.82, 2.24) is 5.32 Å². The van der Waals surface area contributed by atoms with Gasteiger partial charge < -0.3 is 10.4 Å². The highest BCUT2D eigenvalue weighted by Gasteiger charge is 2.35. The van der Waals surface area contributed by atoms with Gasteiger partial charge in [0.05, 0.1) is 0 Å². The number of hydrogen-bond acceptors (Lipinski definition) is 2. The second-order valence-electron chi connectivity index (χ2n) is 4.05. The third-order valence-electron chi connectivity index (χ3n) is 2.88. The largest absolute Gasteiger partial charge is 0.396 e. The molecule has 1 aliphatic rings. The van der Waals surface area contributed by atoms with Gasteiger partial charge in [-0.05, 0) is 30.4 Å². The van der Waals surface area contributed by atoms with Gasteiger partial charge in [0.15, 0.2) is 0 Å². The molecule has 2 unspecified atom stereocenters. The zero-order valence-electron chi connectivity index (χ0n) is 8.32. The molecule has 0 bridgehead atoms. The van der Waals surface area contributed by atoms with E-state index in [0.29, 0.717) is 18.4 Å². The average Bonchev–Trinajstić information content (AvgIpc) is 2.98. The van der Waals surface area contributed by atoms with Crippen LogP contribution in [0.1, 0.15) is 12.0 Å². The highest BCUT2D eigenvalue weighted by atomic mass is 16.3. The summed E-state index contributed by atoms with van der Waals surface area (Å²) in [6, 6.07) is 10.4. The van der Waals surface area contributed by atoms with Crippen molar-refractivity contribution in [2.75, 3.05) is 13.2 Å². The smallest absolute Gasteiger partial charge is 0.0462 e. The topological polar surface area (TPSA) is 32.3 Å². The zero-order chi connectivity index (χ0) is 9.80. The Bertz CT molecular complexity index is 273. The minimum atomic E-state index is 0.359. The molecule has 0 spiro atoms. The molecule has 0 radical (unpaired) electrons. The Morgan fingerprint density at radius 3 is 2.64 bits per heavy atom. The van der Waals surface area contributed by atoms with Crippen molar-refractivity contribution in [3.63, 3.8) is 0 Å². The highest BCUT2D eigenvalue weighted by Crippen LogP contribution is 2.36. The SMILES string of the molecule is OCC1CC1CNCc1ccccc1. The van der Waals surface area contributed by atoms with E-state index in [0.717, 1.165) is 13.1 Å². The third-order valence-corrected chi connectivity index (χ3v) is 2.88. The lowest BCUT2D eigenvalue weighted by molar-refractivity contribution is 0.268. The van der Waals surface area contributed by atoms with Crippen molar-refractivity contribution in [3.8, 4) is 0 Å². The van der Waals surface area contributed by atoms with Crippen LogP contribution in [-0.4, -0.2) is 18.3 Å². The molecule has 2 nitrogen and oxygen atoms in total. The van der Waals surface area contributed by atoms with Crippen LogP contribution in [0.25, 0.3) is 0 Å². The second-order valence-corrected chi connectivity index (χ2v) is 4.05. The summed E-state index contributed by atoms with van der Waals surface area (Å²) < 4.78 is 0. The number of nitrogens with one attached hydrogen (secondary N) is 1. The molecule has 1 aromatic carbocycles. The van der Waals surface area contributed by atoms with E-state index < -0.39 is 0 Å². The standard InChI is InChI=1S/C12H17NO/c14-9-12-6-11(12)8-13-7-10-4-2-1-3-5-10/h1-5,11-14H,6-9H2. The van der Waals surface area contributed by atoms with Gasteiger partial charge in [-0.3, -0.25) is 0 Å². The van der Waals surface area contributed by atoms with E-state index in [-0.39, 0.29) is 0 Å². The molecule has 0 aromatic heterocycles.